The summed E-state index contributed by atoms with van der Waals surface area (Å²) >= 11 is 1.36. The maximum Gasteiger partial charge on any atom is 0.341 e. The van der Waals surface area contributed by atoms with E-state index in [1.54, 1.807) is 37.3 Å². The number of nitrogens with zero attached hydrogens (tertiary/aromatic N) is 1. The molecular weight excluding hydrogens is 328 g/mol. The Kier molecular flexibility index (Phi) is 6.04. The lowest BCUT2D eigenvalue weighted by Crippen LogP contribution is -2.14. The van der Waals surface area contributed by atoms with Gasteiger partial charge in [0.15, 0.2) is 0 Å². The molecule has 0 fully saturated rings. The fourth-order valence-corrected chi connectivity index (χ4v) is 2.74. The van der Waals surface area contributed by atoms with Crippen LogP contribution in [0.2, 0.25) is 0 Å². The van der Waals surface area contributed by atoms with Gasteiger partial charge in [-0.05, 0) is 31.2 Å². The third-order valence-corrected chi connectivity index (χ3v) is 4.08. The summed E-state index contributed by atoms with van der Waals surface area (Å²) in [6, 6.07) is 10.4. The highest BCUT2D eigenvalue weighted by atomic mass is 32.2. The highest BCUT2D eigenvalue weighted by molar-refractivity contribution is 7.99. The first-order chi connectivity index (χ1) is 11.5. The molecule has 0 aliphatic carbocycles. The summed E-state index contributed by atoms with van der Waals surface area (Å²) in [5, 5.41) is 11.6. The van der Waals surface area contributed by atoms with Crippen LogP contribution in [0.15, 0.2) is 34.7 Å². The number of benzene rings is 1. The van der Waals surface area contributed by atoms with Crippen molar-refractivity contribution in [3.63, 3.8) is 0 Å². The zero-order valence-corrected chi connectivity index (χ0v) is 14.1. The van der Waals surface area contributed by atoms with Gasteiger partial charge in [-0.1, -0.05) is 6.07 Å². The number of thioether (sulfide) groups is 1. The van der Waals surface area contributed by atoms with Gasteiger partial charge in [0.05, 0.1) is 30.2 Å². The summed E-state index contributed by atoms with van der Waals surface area (Å²) in [5.74, 6) is 1.18. The summed E-state index contributed by atoms with van der Waals surface area (Å²) in [5.41, 5.74) is 1.47. The molecule has 0 radical (unpaired) electrons. The number of hydrogen-bond donors (Lipinski definition) is 1. The SMILES string of the molecule is COC(=O)c1cc(CSCC(=O)Nc2cccc(C#N)c2)oc1C. The van der Waals surface area contributed by atoms with Gasteiger partial charge in [-0.2, -0.15) is 5.26 Å². The molecule has 2 rings (SSSR count). The predicted octanol–water partition coefficient (Wildman–Crippen LogP) is 3.12. The lowest BCUT2D eigenvalue weighted by atomic mass is 10.2. The first-order valence-corrected chi connectivity index (χ1v) is 8.24. The van der Waals surface area contributed by atoms with Gasteiger partial charge >= 0.3 is 5.97 Å². The van der Waals surface area contributed by atoms with Gasteiger partial charge in [-0.15, -0.1) is 11.8 Å². The number of esters is 1. The lowest BCUT2D eigenvalue weighted by molar-refractivity contribution is -0.113. The molecule has 0 atom stereocenters. The lowest BCUT2D eigenvalue weighted by Gasteiger charge is -2.04. The molecule has 24 heavy (non-hydrogen) atoms. The van der Waals surface area contributed by atoms with E-state index in [1.165, 1.54) is 18.9 Å². The third-order valence-electron chi connectivity index (χ3n) is 3.13. The van der Waals surface area contributed by atoms with Gasteiger partial charge in [0.2, 0.25) is 5.91 Å². The molecule has 1 aromatic heterocycles. The van der Waals surface area contributed by atoms with E-state index in [0.29, 0.717) is 34.1 Å². The Bertz CT molecular complexity index is 792. The first kappa shape index (κ1) is 17.6. The topological polar surface area (TPSA) is 92.3 Å². The van der Waals surface area contributed by atoms with E-state index in [4.69, 9.17) is 9.68 Å². The molecule has 0 aliphatic rings. The number of ether oxygens (including phenoxy) is 1. The van der Waals surface area contributed by atoms with Crippen molar-refractivity contribution in [2.24, 2.45) is 0 Å². The molecule has 1 heterocycles. The zero-order chi connectivity index (χ0) is 17.5. The van der Waals surface area contributed by atoms with Gasteiger partial charge in [-0.3, -0.25) is 4.79 Å². The molecule has 0 saturated carbocycles. The molecule has 0 bridgehead atoms. The van der Waals surface area contributed by atoms with Crippen molar-refractivity contribution in [2.75, 3.05) is 18.2 Å². The fraction of sp³-hybridized carbons (Fsp3) is 0.235. The summed E-state index contributed by atoms with van der Waals surface area (Å²) < 4.78 is 10.1. The van der Waals surface area contributed by atoms with Crippen LogP contribution in [0.25, 0.3) is 0 Å². The monoisotopic (exact) mass is 344 g/mol. The number of aryl methyl sites for hydroxylation is 1. The van der Waals surface area contributed by atoms with E-state index in [1.807, 2.05) is 6.07 Å². The molecule has 2 aromatic rings. The van der Waals surface area contributed by atoms with Crippen LogP contribution in [0.4, 0.5) is 5.69 Å². The van der Waals surface area contributed by atoms with Gasteiger partial charge in [-0.25, -0.2) is 4.79 Å². The zero-order valence-electron chi connectivity index (χ0n) is 13.3. The molecule has 7 heteroatoms. The number of carbonyl (C=O) groups is 2. The van der Waals surface area contributed by atoms with Crippen LogP contribution in [-0.4, -0.2) is 24.7 Å². The standard InChI is InChI=1S/C17H16N2O4S/c1-11-15(17(21)22-2)7-14(23-11)9-24-10-16(20)19-13-5-3-4-12(6-13)8-18/h3-7H,9-10H2,1-2H3,(H,19,20). The number of hydrogen-bond acceptors (Lipinski definition) is 6. The highest BCUT2D eigenvalue weighted by Crippen LogP contribution is 2.20. The second kappa shape index (κ2) is 8.22. The number of amides is 1. The Labute approximate surface area is 143 Å². The summed E-state index contributed by atoms with van der Waals surface area (Å²) in [6.45, 7) is 1.69. The largest absolute Gasteiger partial charge is 0.465 e. The molecule has 0 aliphatic heterocycles. The summed E-state index contributed by atoms with van der Waals surface area (Å²) in [4.78, 5) is 23.4. The number of nitriles is 1. The van der Waals surface area contributed by atoms with Crippen molar-refractivity contribution >= 4 is 29.3 Å². The van der Waals surface area contributed by atoms with E-state index in [0.717, 1.165) is 0 Å². The van der Waals surface area contributed by atoms with Gasteiger partial charge in [0.1, 0.15) is 17.1 Å². The van der Waals surface area contributed by atoms with Crippen LogP contribution in [0, 0.1) is 18.3 Å². The Morgan fingerprint density at radius 1 is 1.38 bits per heavy atom. The van der Waals surface area contributed by atoms with Crippen molar-refractivity contribution in [3.8, 4) is 6.07 Å². The van der Waals surface area contributed by atoms with Gasteiger partial charge < -0.3 is 14.5 Å². The third kappa shape index (κ3) is 4.64. The number of anilines is 1. The second-order valence-corrected chi connectivity index (χ2v) is 5.89. The Morgan fingerprint density at radius 2 is 2.17 bits per heavy atom. The Balaban J connectivity index is 1.84. The Hall–Kier alpha value is -2.72. The smallest absolute Gasteiger partial charge is 0.341 e. The van der Waals surface area contributed by atoms with Gasteiger partial charge in [0.25, 0.3) is 0 Å². The normalized spacial score (nSPS) is 10.0. The van der Waals surface area contributed by atoms with Crippen LogP contribution >= 0.6 is 11.8 Å². The van der Waals surface area contributed by atoms with Crippen molar-refractivity contribution in [1.82, 2.24) is 0 Å². The number of methoxy groups -OCH3 is 1. The minimum absolute atomic E-state index is 0.174. The van der Waals surface area contributed by atoms with Crippen LogP contribution in [0.3, 0.4) is 0 Å². The van der Waals surface area contributed by atoms with Crippen molar-refractivity contribution < 1.29 is 18.7 Å². The minimum Gasteiger partial charge on any atom is -0.465 e. The van der Waals surface area contributed by atoms with E-state index < -0.39 is 5.97 Å². The van der Waals surface area contributed by atoms with Gasteiger partial charge in [0, 0.05) is 5.69 Å². The first-order valence-electron chi connectivity index (χ1n) is 7.09. The molecule has 0 saturated heterocycles. The molecule has 0 unspecified atom stereocenters. The number of nitrogens with one attached hydrogen (secondary N) is 1. The molecular formula is C17H16N2O4S. The second-order valence-electron chi connectivity index (χ2n) is 4.91. The Morgan fingerprint density at radius 3 is 2.88 bits per heavy atom. The van der Waals surface area contributed by atoms with E-state index in [2.05, 4.69) is 10.1 Å². The van der Waals surface area contributed by atoms with Crippen molar-refractivity contribution in [3.05, 3.63) is 53.0 Å². The van der Waals surface area contributed by atoms with E-state index in [9.17, 15) is 9.59 Å². The average Bonchev–Trinajstić information content (AvgIpc) is 2.95. The van der Waals surface area contributed by atoms with Crippen LogP contribution < -0.4 is 5.32 Å². The average molecular weight is 344 g/mol. The summed E-state index contributed by atoms with van der Waals surface area (Å²) in [6.07, 6.45) is 0. The maximum absolute atomic E-state index is 11.9. The predicted molar refractivity (Wildman–Crippen MR) is 90.7 cm³/mol. The molecule has 6 nitrogen and oxygen atoms in total. The molecule has 1 aromatic carbocycles. The number of furan rings is 1. The molecule has 1 N–H and O–H groups in total. The van der Waals surface area contributed by atoms with Crippen molar-refractivity contribution in [2.45, 2.75) is 12.7 Å². The highest BCUT2D eigenvalue weighted by Gasteiger charge is 2.15. The maximum atomic E-state index is 11.9. The van der Waals surface area contributed by atoms with Crippen LogP contribution in [-0.2, 0) is 15.3 Å². The molecule has 1 amide bonds. The van der Waals surface area contributed by atoms with Crippen molar-refractivity contribution in [1.29, 1.82) is 5.26 Å². The van der Waals surface area contributed by atoms with E-state index >= 15 is 0 Å². The fourth-order valence-electron chi connectivity index (χ4n) is 2.04. The van der Waals surface area contributed by atoms with E-state index in [-0.39, 0.29) is 11.7 Å². The quantitative estimate of drug-likeness (QED) is 0.810. The van der Waals surface area contributed by atoms with Crippen LogP contribution in [0.1, 0.15) is 27.4 Å². The summed E-state index contributed by atoms with van der Waals surface area (Å²) in [7, 11) is 1.31. The molecule has 0 spiro atoms. The number of carbonyl (C=O) groups excluding carboxylic acids is 2. The molecule has 124 valence electrons. The number of rotatable bonds is 6. The van der Waals surface area contributed by atoms with Crippen LogP contribution in [0.5, 0.6) is 0 Å². The minimum atomic E-state index is -0.442.